The lowest BCUT2D eigenvalue weighted by molar-refractivity contribution is 0.0617. The minimum atomic E-state index is -0.305. The molecular formula is C25H38N4O. The summed E-state index contributed by atoms with van der Waals surface area (Å²) >= 11 is 0. The average Bonchev–Trinajstić information content (AvgIpc) is 2.90. The van der Waals surface area contributed by atoms with Crippen molar-refractivity contribution in [2.45, 2.75) is 70.6 Å². The Morgan fingerprint density at radius 1 is 1.07 bits per heavy atom. The SMILES string of the molecule is Cc1ccc2c(c1)c1c3n2CCN(C[C@@H](O)CNCN2CCCCCC2)[C@H]3CCC1. The van der Waals surface area contributed by atoms with Gasteiger partial charge >= 0.3 is 0 Å². The van der Waals surface area contributed by atoms with Gasteiger partial charge in [0.05, 0.1) is 12.1 Å². The van der Waals surface area contributed by atoms with Crippen LogP contribution in [0.15, 0.2) is 18.2 Å². The van der Waals surface area contributed by atoms with Crippen LogP contribution in [0.3, 0.4) is 0 Å². The van der Waals surface area contributed by atoms with Crippen molar-refractivity contribution in [1.82, 2.24) is 19.7 Å². The summed E-state index contributed by atoms with van der Waals surface area (Å²) < 4.78 is 2.58. The molecule has 5 rings (SSSR count). The Kier molecular flexibility index (Phi) is 6.15. The van der Waals surface area contributed by atoms with Crippen molar-refractivity contribution in [2.24, 2.45) is 0 Å². The third kappa shape index (κ3) is 4.05. The summed E-state index contributed by atoms with van der Waals surface area (Å²) in [4.78, 5) is 5.07. The maximum atomic E-state index is 10.8. The van der Waals surface area contributed by atoms with Crippen molar-refractivity contribution in [2.75, 3.05) is 39.4 Å². The Morgan fingerprint density at radius 3 is 2.73 bits per heavy atom. The predicted molar refractivity (Wildman–Crippen MR) is 123 cm³/mol. The van der Waals surface area contributed by atoms with Crippen molar-refractivity contribution in [3.8, 4) is 0 Å². The topological polar surface area (TPSA) is 43.7 Å². The van der Waals surface area contributed by atoms with Crippen molar-refractivity contribution >= 4 is 10.9 Å². The van der Waals surface area contributed by atoms with Crippen LogP contribution in [-0.4, -0.2) is 65.0 Å². The maximum Gasteiger partial charge on any atom is 0.0791 e. The highest BCUT2D eigenvalue weighted by Crippen LogP contribution is 2.42. The highest BCUT2D eigenvalue weighted by Gasteiger charge is 2.35. The van der Waals surface area contributed by atoms with E-state index in [2.05, 4.69) is 44.8 Å². The van der Waals surface area contributed by atoms with E-state index in [-0.39, 0.29) is 6.10 Å². The lowest BCUT2D eigenvalue weighted by Gasteiger charge is -2.40. The molecule has 1 aromatic carbocycles. The summed E-state index contributed by atoms with van der Waals surface area (Å²) in [5.74, 6) is 0. The Morgan fingerprint density at radius 2 is 1.90 bits per heavy atom. The first-order chi connectivity index (χ1) is 14.7. The molecule has 5 heteroatoms. The summed E-state index contributed by atoms with van der Waals surface area (Å²) in [6.07, 6.45) is 8.74. The molecule has 2 aromatic rings. The molecule has 2 aliphatic heterocycles. The molecule has 0 amide bonds. The van der Waals surface area contributed by atoms with E-state index >= 15 is 0 Å². The number of rotatable bonds is 6. The zero-order valence-electron chi connectivity index (χ0n) is 18.6. The van der Waals surface area contributed by atoms with Crippen LogP contribution in [0.25, 0.3) is 10.9 Å². The van der Waals surface area contributed by atoms with Gasteiger partial charge in [-0.3, -0.25) is 9.80 Å². The van der Waals surface area contributed by atoms with Crippen molar-refractivity contribution in [3.05, 3.63) is 35.0 Å². The Hall–Kier alpha value is -1.40. The number of aliphatic hydroxyl groups excluding tert-OH is 1. The van der Waals surface area contributed by atoms with Gasteiger partial charge in [-0.1, -0.05) is 24.5 Å². The Bertz CT molecular complexity index is 868. The van der Waals surface area contributed by atoms with E-state index in [1.54, 1.807) is 5.56 Å². The second kappa shape index (κ2) is 8.99. The first kappa shape index (κ1) is 20.5. The summed E-state index contributed by atoms with van der Waals surface area (Å²) in [6.45, 7) is 9.06. The fourth-order valence-corrected chi connectivity index (χ4v) is 6.03. The third-order valence-corrected chi connectivity index (χ3v) is 7.50. The second-order valence-corrected chi connectivity index (χ2v) is 9.74. The smallest absolute Gasteiger partial charge is 0.0791 e. The molecule has 3 heterocycles. The first-order valence-corrected chi connectivity index (χ1v) is 12.2. The summed E-state index contributed by atoms with van der Waals surface area (Å²) in [6, 6.07) is 7.41. The third-order valence-electron chi connectivity index (χ3n) is 7.50. The van der Waals surface area contributed by atoms with E-state index in [0.29, 0.717) is 12.6 Å². The van der Waals surface area contributed by atoms with Crippen molar-refractivity contribution in [1.29, 1.82) is 0 Å². The molecule has 0 unspecified atom stereocenters. The minimum absolute atomic E-state index is 0.305. The molecule has 0 bridgehead atoms. The second-order valence-electron chi connectivity index (χ2n) is 9.74. The zero-order valence-corrected chi connectivity index (χ0v) is 18.6. The molecule has 30 heavy (non-hydrogen) atoms. The molecule has 2 N–H and O–H groups in total. The predicted octanol–water partition coefficient (Wildman–Crippen LogP) is 3.43. The van der Waals surface area contributed by atoms with Crippen molar-refractivity contribution in [3.63, 3.8) is 0 Å². The number of benzene rings is 1. The van der Waals surface area contributed by atoms with Gasteiger partial charge in [-0.05, 0) is 69.8 Å². The molecule has 164 valence electrons. The molecular weight excluding hydrogens is 372 g/mol. The van der Waals surface area contributed by atoms with Crippen LogP contribution in [0.5, 0.6) is 0 Å². The van der Waals surface area contributed by atoms with Crippen LogP contribution >= 0.6 is 0 Å². The quantitative estimate of drug-likeness (QED) is 0.766. The van der Waals surface area contributed by atoms with Gasteiger partial charge in [-0.25, -0.2) is 0 Å². The van der Waals surface area contributed by atoms with Crippen LogP contribution in [0, 0.1) is 6.92 Å². The molecule has 0 radical (unpaired) electrons. The van der Waals surface area contributed by atoms with Crippen LogP contribution < -0.4 is 5.32 Å². The highest BCUT2D eigenvalue weighted by atomic mass is 16.3. The van der Waals surface area contributed by atoms with Gasteiger partial charge in [0.1, 0.15) is 0 Å². The van der Waals surface area contributed by atoms with E-state index in [0.717, 1.165) is 26.3 Å². The van der Waals surface area contributed by atoms with Crippen LogP contribution in [0.1, 0.15) is 61.4 Å². The van der Waals surface area contributed by atoms with Gasteiger partial charge in [0, 0.05) is 49.4 Å². The standard InChI is InChI=1S/C25H38N4O/c1-19-9-10-23-22(15-19)21-7-6-8-24-25(21)29(23)14-13-28(24)17-20(30)16-26-18-27-11-4-2-3-5-12-27/h9-10,15,20,24,26,30H,2-8,11-14,16-18H2,1H3/t20-,24-/m0/s1. The van der Waals surface area contributed by atoms with Gasteiger partial charge < -0.3 is 15.0 Å². The molecule has 1 fully saturated rings. The molecule has 1 aliphatic carbocycles. The summed E-state index contributed by atoms with van der Waals surface area (Å²) in [7, 11) is 0. The van der Waals surface area contributed by atoms with E-state index in [9.17, 15) is 5.11 Å². The molecule has 2 atom stereocenters. The number of fused-ring (bicyclic) bond motifs is 3. The highest BCUT2D eigenvalue weighted by molar-refractivity contribution is 5.87. The van der Waals surface area contributed by atoms with Gasteiger partial charge in [0.25, 0.3) is 0 Å². The number of aromatic nitrogens is 1. The molecule has 1 aromatic heterocycles. The van der Waals surface area contributed by atoms with E-state index < -0.39 is 0 Å². The van der Waals surface area contributed by atoms with Crippen LogP contribution in [0.2, 0.25) is 0 Å². The molecule has 3 aliphatic rings. The van der Waals surface area contributed by atoms with Gasteiger partial charge in [-0.2, -0.15) is 0 Å². The van der Waals surface area contributed by atoms with Crippen molar-refractivity contribution < 1.29 is 5.11 Å². The number of aryl methyl sites for hydroxylation is 2. The average molecular weight is 411 g/mol. The molecule has 1 saturated heterocycles. The fourth-order valence-electron chi connectivity index (χ4n) is 6.03. The lowest BCUT2D eigenvalue weighted by atomic mass is 9.89. The van der Waals surface area contributed by atoms with Gasteiger partial charge in [0.15, 0.2) is 0 Å². The maximum absolute atomic E-state index is 10.8. The normalized spacial score (nSPS) is 24.0. The zero-order chi connectivity index (χ0) is 20.5. The van der Waals surface area contributed by atoms with Crippen LogP contribution in [0.4, 0.5) is 0 Å². The number of likely N-dealkylation sites (tertiary alicyclic amines) is 1. The largest absolute Gasteiger partial charge is 0.390 e. The lowest BCUT2D eigenvalue weighted by Crippen LogP contribution is -2.46. The van der Waals surface area contributed by atoms with Crippen LogP contribution in [-0.2, 0) is 13.0 Å². The van der Waals surface area contributed by atoms with Gasteiger partial charge in [0.2, 0.25) is 0 Å². The number of nitrogens with zero attached hydrogens (tertiary/aromatic N) is 3. The Labute approximate surface area is 181 Å². The summed E-state index contributed by atoms with van der Waals surface area (Å²) in [5, 5.41) is 15.8. The van der Waals surface area contributed by atoms with E-state index in [1.165, 1.54) is 80.2 Å². The first-order valence-electron chi connectivity index (χ1n) is 12.2. The number of aliphatic hydroxyl groups is 1. The molecule has 0 spiro atoms. The molecule has 5 nitrogen and oxygen atoms in total. The molecule has 0 saturated carbocycles. The fraction of sp³-hybridized carbons (Fsp3) is 0.680. The summed E-state index contributed by atoms with van der Waals surface area (Å²) in [5.41, 5.74) is 5.88. The number of hydrogen-bond acceptors (Lipinski definition) is 4. The number of β-amino-alcohol motifs (C(OH)–C–C–N with tert-alkyl or cyclic N) is 1. The number of nitrogens with one attached hydrogen (secondary N) is 1. The monoisotopic (exact) mass is 410 g/mol. The van der Waals surface area contributed by atoms with Gasteiger partial charge in [-0.15, -0.1) is 0 Å². The number of hydrogen-bond donors (Lipinski definition) is 2. The minimum Gasteiger partial charge on any atom is -0.390 e. The van der Waals surface area contributed by atoms with E-state index in [4.69, 9.17) is 0 Å². The Balaban J connectivity index is 1.23. The van der Waals surface area contributed by atoms with E-state index in [1.807, 2.05) is 0 Å².